The van der Waals surface area contributed by atoms with E-state index in [1.807, 2.05) is 6.92 Å². The van der Waals surface area contributed by atoms with Crippen molar-refractivity contribution in [3.05, 3.63) is 162 Å². The number of aldehydes is 1. The minimum absolute atomic E-state index is 0.00265. The van der Waals surface area contributed by atoms with Gasteiger partial charge in [-0.25, -0.2) is 30.4 Å². The summed E-state index contributed by atoms with van der Waals surface area (Å²) in [5.41, 5.74) is -0.353. The lowest BCUT2D eigenvalue weighted by Crippen LogP contribution is -2.34. The Kier molecular flexibility index (Phi) is 19.7. The van der Waals surface area contributed by atoms with E-state index in [4.69, 9.17) is 55.9 Å². The molecule has 0 amide bonds. The summed E-state index contributed by atoms with van der Waals surface area (Å²) in [6.07, 6.45) is -4.72. The third-order valence-electron chi connectivity index (χ3n) is 8.90. The first-order valence-electron chi connectivity index (χ1n) is 18.9. The predicted octanol–water partition coefficient (Wildman–Crippen LogP) is 11.2. The molecular formula is C42H35BrCl4F6N6O8S2. The van der Waals surface area contributed by atoms with E-state index in [0.717, 1.165) is 40.6 Å². The number of halogens is 11. The number of carbonyl (C=O) groups excluding carboxylic acids is 1. The standard InChI is InChI=1S/C21H18Cl2F3N3O4S.C14H10BrCl2F3N2O3S.C7H7NO/c1-12-7-13(5-6-27-12)20(30)19-18(8-14(22)10-28-19)29(11-33-2)34(31,32)15-3-4-17(23)16(9-15)21(24,25)26;1-25-7-22(12-4-8(16)6-21-13(12)15)26(23,24)9-2-3-11(17)10(5-9)14(18,19)20;1-6-4-7(5-9)2-3-8-6/h3-10,20,30H,11H2,1-2H3;2-6H,7H2,1H3;2-5H,1H3. The fourth-order valence-electron chi connectivity index (χ4n) is 5.76. The summed E-state index contributed by atoms with van der Waals surface area (Å²) in [5.74, 6) is 0. The van der Waals surface area contributed by atoms with Crippen molar-refractivity contribution in [2.75, 3.05) is 36.3 Å². The van der Waals surface area contributed by atoms with Crippen molar-refractivity contribution >= 4 is 100 Å². The van der Waals surface area contributed by atoms with E-state index in [-0.39, 0.29) is 31.7 Å². The summed E-state index contributed by atoms with van der Waals surface area (Å²) >= 11 is 26.2. The number of aliphatic hydroxyl groups is 1. The molecule has 0 aliphatic rings. The molecule has 1 atom stereocenters. The lowest BCUT2D eigenvalue weighted by atomic mass is 10.1. The van der Waals surface area contributed by atoms with Crippen molar-refractivity contribution in [1.82, 2.24) is 19.9 Å². The number of pyridine rings is 4. The molecule has 0 radical (unpaired) electrons. The van der Waals surface area contributed by atoms with Crippen LogP contribution in [0.5, 0.6) is 0 Å². The Morgan fingerprint density at radius 2 is 1.12 bits per heavy atom. The average Bonchev–Trinajstić information content (AvgIpc) is 3.27. The van der Waals surface area contributed by atoms with Gasteiger partial charge in [-0.3, -0.25) is 19.7 Å². The van der Waals surface area contributed by atoms with Crippen molar-refractivity contribution in [3.63, 3.8) is 0 Å². The molecule has 0 aliphatic carbocycles. The Morgan fingerprint density at radius 3 is 1.55 bits per heavy atom. The number of aliphatic hydroxyl groups excluding tert-OH is 1. The van der Waals surface area contributed by atoms with Crippen LogP contribution in [0.1, 0.15) is 50.2 Å². The molecule has 0 spiro atoms. The molecule has 69 heavy (non-hydrogen) atoms. The van der Waals surface area contributed by atoms with Gasteiger partial charge in [0.05, 0.1) is 58.1 Å². The van der Waals surface area contributed by atoms with Gasteiger partial charge >= 0.3 is 12.4 Å². The van der Waals surface area contributed by atoms with Gasteiger partial charge in [-0.2, -0.15) is 26.3 Å². The zero-order valence-electron chi connectivity index (χ0n) is 35.8. The van der Waals surface area contributed by atoms with Gasteiger partial charge in [-0.15, -0.1) is 0 Å². The monoisotopic (exact) mass is 1150 g/mol. The maximum atomic E-state index is 13.5. The second-order valence-electron chi connectivity index (χ2n) is 13.8. The zero-order valence-corrected chi connectivity index (χ0v) is 42.0. The van der Waals surface area contributed by atoms with E-state index in [1.165, 1.54) is 51.0 Å². The van der Waals surface area contributed by atoms with Gasteiger partial charge in [-0.1, -0.05) is 46.4 Å². The first-order chi connectivity index (χ1) is 32.2. The Balaban J connectivity index is 0.000000260. The van der Waals surface area contributed by atoms with Gasteiger partial charge in [0.25, 0.3) is 20.0 Å². The summed E-state index contributed by atoms with van der Waals surface area (Å²) in [4.78, 5) is 24.8. The van der Waals surface area contributed by atoms with Crippen LogP contribution in [-0.2, 0) is 41.9 Å². The minimum atomic E-state index is -4.88. The van der Waals surface area contributed by atoms with Crippen LogP contribution >= 0.6 is 62.3 Å². The molecule has 0 saturated carbocycles. The molecule has 0 fully saturated rings. The van der Waals surface area contributed by atoms with Crippen LogP contribution < -0.4 is 8.61 Å². The van der Waals surface area contributed by atoms with E-state index in [2.05, 4.69) is 35.9 Å². The highest BCUT2D eigenvalue weighted by atomic mass is 79.9. The van der Waals surface area contributed by atoms with Crippen molar-refractivity contribution < 1.29 is 62.6 Å². The number of rotatable bonds is 13. The SMILES string of the molecule is COCN(c1cc(Cl)cnc1Br)S(=O)(=O)c1ccc(Cl)c(C(F)(F)F)c1.COCN(c1cc(Cl)cnc1C(O)c1ccnc(C)c1)S(=O)(=O)c1ccc(Cl)c(C(F)(F)F)c1.Cc1cc(C=O)ccn1. The van der Waals surface area contributed by atoms with Gasteiger partial charge in [0.1, 0.15) is 30.5 Å². The largest absolute Gasteiger partial charge is 0.417 e. The van der Waals surface area contributed by atoms with Gasteiger partial charge in [0.2, 0.25) is 0 Å². The molecule has 4 aromatic heterocycles. The van der Waals surface area contributed by atoms with Crippen LogP contribution in [0.15, 0.2) is 112 Å². The van der Waals surface area contributed by atoms with Crippen LogP contribution in [0.3, 0.4) is 0 Å². The summed E-state index contributed by atoms with van der Waals surface area (Å²) in [7, 11) is -6.65. The number of hydrogen-bond donors (Lipinski definition) is 1. The number of hydrogen-bond acceptors (Lipinski definition) is 12. The minimum Gasteiger partial charge on any atom is -0.382 e. The van der Waals surface area contributed by atoms with Gasteiger partial charge in [0.15, 0.2) is 0 Å². The van der Waals surface area contributed by atoms with Crippen LogP contribution in [0, 0.1) is 13.8 Å². The number of alkyl halides is 6. The maximum Gasteiger partial charge on any atom is 0.417 e. The molecule has 370 valence electrons. The molecule has 6 aromatic rings. The highest BCUT2D eigenvalue weighted by Crippen LogP contribution is 2.40. The van der Waals surface area contributed by atoms with Gasteiger partial charge < -0.3 is 14.6 Å². The average molecular weight is 1150 g/mol. The smallest absolute Gasteiger partial charge is 0.382 e. The highest BCUT2D eigenvalue weighted by Gasteiger charge is 2.38. The van der Waals surface area contributed by atoms with Crippen LogP contribution in [0.4, 0.5) is 37.7 Å². The van der Waals surface area contributed by atoms with E-state index in [9.17, 15) is 53.1 Å². The van der Waals surface area contributed by atoms with E-state index >= 15 is 0 Å². The lowest BCUT2D eigenvalue weighted by Gasteiger charge is -2.27. The molecule has 0 bridgehead atoms. The molecule has 0 saturated heterocycles. The molecule has 27 heteroatoms. The molecule has 2 aromatic carbocycles. The Labute approximate surface area is 420 Å². The fourth-order valence-corrected chi connectivity index (χ4v) is 9.88. The molecule has 0 aliphatic heterocycles. The second-order valence-corrected chi connectivity index (χ2v) is 20.0. The number of aromatic nitrogens is 4. The Hall–Kier alpha value is -4.69. The zero-order chi connectivity index (χ0) is 51.6. The number of benzene rings is 2. The van der Waals surface area contributed by atoms with E-state index < -0.39 is 82.9 Å². The number of aryl methyl sites for hydroxylation is 2. The quantitative estimate of drug-likeness (QED) is 0.0501. The number of methoxy groups -OCH3 is 2. The van der Waals surface area contributed by atoms with Crippen LogP contribution in [0.25, 0.3) is 0 Å². The lowest BCUT2D eigenvalue weighted by molar-refractivity contribution is -0.138. The van der Waals surface area contributed by atoms with Crippen molar-refractivity contribution in [3.8, 4) is 0 Å². The number of nitrogens with zero attached hydrogens (tertiary/aromatic N) is 6. The second kappa shape index (κ2) is 23.9. The fraction of sp³-hybridized carbons (Fsp3) is 0.214. The molecule has 1 unspecified atom stereocenters. The van der Waals surface area contributed by atoms with Gasteiger partial charge in [0, 0.05) is 56.0 Å². The topological polar surface area (TPSA) is 182 Å². The first-order valence-corrected chi connectivity index (χ1v) is 24.1. The highest BCUT2D eigenvalue weighted by molar-refractivity contribution is 9.10. The van der Waals surface area contributed by atoms with Crippen LogP contribution in [-0.4, -0.2) is 75.8 Å². The molecular weight excluding hydrogens is 1120 g/mol. The Bertz CT molecular complexity index is 3020. The van der Waals surface area contributed by atoms with Crippen molar-refractivity contribution in [1.29, 1.82) is 0 Å². The summed E-state index contributed by atoms with van der Waals surface area (Å²) in [6, 6.07) is 13.5. The molecule has 1 N–H and O–H groups in total. The summed E-state index contributed by atoms with van der Waals surface area (Å²) in [6.45, 7) is 2.47. The van der Waals surface area contributed by atoms with E-state index in [1.54, 1.807) is 31.3 Å². The third kappa shape index (κ3) is 14.7. The van der Waals surface area contributed by atoms with Crippen molar-refractivity contribution in [2.24, 2.45) is 0 Å². The normalized spacial score (nSPS) is 12.2. The predicted molar refractivity (Wildman–Crippen MR) is 250 cm³/mol. The van der Waals surface area contributed by atoms with Crippen LogP contribution in [0.2, 0.25) is 20.1 Å². The summed E-state index contributed by atoms with van der Waals surface area (Å²) < 4.78 is 143. The van der Waals surface area contributed by atoms with E-state index in [0.29, 0.717) is 33.3 Å². The first kappa shape index (κ1) is 56.9. The number of ether oxygens (including phenoxy) is 2. The maximum absolute atomic E-state index is 13.5. The van der Waals surface area contributed by atoms with Crippen molar-refractivity contribution in [2.45, 2.75) is 42.1 Å². The number of carbonyl (C=O) groups is 1. The summed E-state index contributed by atoms with van der Waals surface area (Å²) in [5, 5.41) is 9.86. The third-order valence-corrected chi connectivity index (χ3v) is 14.0. The Morgan fingerprint density at radius 1 is 0.667 bits per heavy atom. The molecule has 14 nitrogen and oxygen atoms in total. The number of sulfonamides is 2. The molecule has 6 rings (SSSR count). The molecule has 4 heterocycles. The number of anilines is 2. The van der Waals surface area contributed by atoms with Gasteiger partial charge in [-0.05, 0) is 108 Å².